The lowest BCUT2D eigenvalue weighted by atomic mass is 10.8. The van der Waals surface area contributed by atoms with Gasteiger partial charge in [0.15, 0.2) is 0 Å². The monoisotopic (exact) mass is 187 g/mol. The Morgan fingerprint density at radius 2 is 2.50 bits per heavy atom. The largest absolute Gasteiger partial charge is 0.330 e. The number of imidazole rings is 1. The maximum Gasteiger partial charge on any atom is 0.238 e. The van der Waals surface area contributed by atoms with Crippen LogP contribution in [-0.4, -0.2) is 24.1 Å². The second-order valence-corrected chi connectivity index (χ2v) is 3.88. The standard InChI is InChI=1S/C6H9N3O2S/c1-2-5-12(10,11)9-6-7-3-4-8-6/h2-4H,1,5H2,(H2,7,8,9). The van der Waals surface area contributed by atoms with Crippen molar-refractivity contribution in [3.8, 4) is 0 Å². The van der Waals surface area contributed by atoms with Crippen molar-refractivity contribution >= 4 is 16.0 Å². The Morgan fingerprint density at radius 1 is 1.75 bits per heavy atom. The van der Waals surface area contributed by atoms with Gasteiger partial charge in [-0.1, -0.05) is 6.08 Å². The molecule has 0 fully saturated rings. The van der Waals surface area contributed by atoms with E-state index in [1.54, 1.807) is 0 Å². The van der Waals surface area contributed by atoms with E-state index in [0.29, 0.717) is 0 Å². The predicted octanol–water partition coefficient (Wildman–Crippen LogP) is 0.337. The van der Waals surface area contributed by atoms with E-state index in [2.05, 4.69) is 21.3 Å². The molecule has 0 aliphatic heterocycles. The van der Waals surface area contributed by atoms with Crippen LogP contribution in [0.1, 0.15) is 0 Å². The van der Waals surface area contributed by atoms with Gasteiger partial charge in [-0.15, -0.1) is 6.58 Å². The zero-order valence-electron chi connectivity index (χ0n) is 6.32. The minimum absolute atomic E-state index is 0.117. The summed E-state index contributed by atoms with van der Waals surface area (Å²) in [5.41, 5.74) is 0. The number of aromatic amines is 1. The number of sulfonamides is 1. The lowest BCUT2D eigenvalue weighted by Gasteiger charge is -2.00. The number of aromatic nitrogens is 2. The third kappa shape index (κ3) is 2.39. The highest BCUT2D eigenvalue weighted by molar-refractivity contribution is 7.92. The van der Waals surface area contributed by atoms with Crippen molar-refractivity contribution in [2.24, 2.45) is 0 Å². The first kappa shape index (κ1) is 8.79. The topological polar surface area (TPSA) is 74.8 Å². The van der Waals surface area contributed by atoms with Crippen molar-refractivity contribution in [1.29, 1.82) is 0 Å². The fourth-order valence-corrected chi connectivity index (χ4v) is 1.47. The Labute approximate surface area is 70.6 Å². The quantitative estimate of drug-likeness (QED) is 0.667. The Balaban J connectivity index is 2.69. The van der Waals surface area contributed by atoms with Crippen LogP contribution in [0.3, 0.4) is 0 Å². The zero-order valence-corrected chi connectivity index (χ0v) is 7.13. The van der Waals surface area contributed by atoms with Crippen molar-refractivity contribution in [2.45, 2.75) is 0 Å². The number of nitrogens with zero attached hydrogens (tertiary/aromatic N) is 1. The molecule has 1 aromatic heterocycles. The van der Waals surface area contributed by atoms with Crippen molar-refractivity contribution in [3.05, 3.63) is 25.0 Å². The summed E-state index contributed by atoms with van der Waals surface area (Å²) in [6.07, 6.45) is 4.31. The molecule has 0 saturated carbocycles. The van der Waals surface area contributed by atoms with Crippen LogP contribution >= 0.6 is 0 Å². The van der Waals surface area contributed by atoms with Gasteiger partial charge in [0, 0.05) is 12.4 Å². The lowest BCUT2D eigenvalue weighted by molar-refractivity contribution is 0.603. The van der Waals surface area contributed by atoms with Crippen LogP contribution in [0.2, 0.25) is 0 Å². The molecule has 0 saturated heterocycles. The summed E-state index contributed by atoms with van der Waals surface area (Å²) in [7, 11) is -3.32. The SMILES string of the molecule is C=CCS(=O)(=O)Nc1ncc[nH]1. The van der Waals surface area contributed by atoms with E-state index in [0.717, 1.165) is 0 Å². The average molecular weight is 187 g/mol. The average Bonchev–Trinajstić information content (AvgIpc) is 2.38. The highest BCUT2D eigenvalue weighted by atomic mass is 32.2. The van der Waals surface area contributed by atoms with Gasteiger partial charge in [0.1, 0.15) is 0 Å². The molecule has 1 aromatic rings. The molecule has 5 nitrogen and oxygen atoms in total. The molecule has 0 amide bonds. The van der Waals surface area contributed by atoms with Crippen molar-refractivity contribution in [1.82, 2.24) is 9.97 Å². The number of H-pyrrole nitrogens is 1. The normalized spacial score (nSPS) is 11.0. The van der Waals surface area contributed by atoms with E-state index in [-0.39, 0.29) is 11.7 Å². The maximum absolute atomic E-state index is 11.1. The van der Waals surface area contributed by atoms with Crippen LogP contribution in [0, 0.1) is 0 Å². The van der Waals surface area contributed by atoms with Crippen molar-refractivity contribution in [3.63, 3.8) is 0 Å². The van der Waals surface area contributed by atoms with Gasteiger partial charge in [0.25, 0.3) is 0 Å². The van der Waals surface area contributed by atoms with E-state index < -0.39 is 10.0 Å². The number of nitrogens with one attached hydrogen (secondary N) is 2. The highest BCUT2D eigenvalue weighted by Crippen LogP contribution is 1.99. The molecule has 12 heavy (non-hydrogen) atoms. The Bertz CT molecular complexity index is 341. The second-order valence-electron chi connectivity index (χ2n) is 2.11. The van der Waals surface area contributed by atoms with Gasteiger partial charge >= 0.3 is 0 Å². The smallest absolute Gasteiger partial charge is 0.238 e. The van der Waals surface area contributed by atoms with Crippen LogP contribution in [0.5, 0.6) is 0 Å². The maximum atomic E-state index is 11.1. The van der Waals surface area contributed by atoms with E-state index >= 15 is 0 Å². The number of hydrogen-bond acceptors (Lipinski definition) is 3. The number of rotatable bonds is 4. The van der Waals surface area contributed by atoms with Crippen LogP contribution < -0.4 is 4.72 Å². The van der Waals surface area contributed by atoms with E-state index in [9.17, 15) is 8.42 Å². The summed E-state index contributed by atoms with van der Waals surface area (Å²) in [4.78, 5) is 6.32. The van der Waals surface area contributed by atoms with Gasteiger partial charge in [-0.3, -0.25) is 4.72 Å². The zero-order chi connectivity index (χ0) is 9.03. The molecular formula is C6H9N3O2S. The second kappa shape index (κ2) is 3.40. The summed E-state index contributed by atoms with van der Waals surface area (Å²) >= 11 is 0. The van der Waals surface area contributed by atoms with Gasteiger partial charge in [-0.05, 0) is 0 Å². The molecule has 0 bridgehead atoms. The van der Waals surface area contributed by atoms with Crippen LogP contribution in [0.15, 0.2) is 25.0 Å². The molecule has 0 aliphatic rings. The van der Waals surface area contributed by atoms with E-state index in [4.69, 9.17) is 0 Å². The van der Waals surface area contributed by atoms with E-state index in [1.165, 1.54) is 18.5 Å². The first-order chi connectivity index (χ1) is 5.64. The Morgan fingerprint density at radius 3 is 3.00 bits per heavy atom. The van der Waals surface area contributed by atoms with Crippen LogP contribution in [0.4, 0.5) is 5.95 Å². The Kier molecular flexibility index (Phi) is 2.49. The molecule has 6 heteroatoms. The minimum atomic E-state index is -3.32. The number of anilines is 1. The van der Waals surface area contributed by atoms with Crippen LogP contribution in [-0.2, 0) is 10.0 Å². The summed E-state index contributed by atoms with van der Waals surface area (Å²) in [5.74, 6) is 0.102. The third-order valence-corrected chi connectivity index (χ3v) is 2.27. The predicted molar refractivity (Wildman–Crippen MR) is 46.2 cm³/mol. The van der Waals surface area contributed by atoms with Gasteiger partial charge in [-0.2, -0.15) is 0 Å². The number of hydrogen-bond donors (Lipinski definition) is 2. The molecule has 1 rings (SSSR count). The lowest BCUT2D eigenvalue weighted by Crippen LogP contribution is -2.15. The first-order valence-electron chi connectivity index (χ1n) is 3.25. The molecule has 0 aliphatic carbocycles. The van der Waals surface area contributed by atoms with Crippen molar-refractivity contribution in [2.75, 3.05) is 10.5 Å². The van der Waals surface area contributed by atoms with Gasteiger partial charge in [0.05, 0.1) is 5.75 Å². The fraction of sp³-hybridized carbons (Fsp3) is 0.167. The van der Waals surface area contributed by atoms with Gasteiger partial charge in [-0.25, -0.2) is 13.4 Å². The molecule has 0 atom stereocenters. The molecule has 0 spiro atoms. The summed E-state index contributed by atoms with van der Waals surface area (Å²) in [6.45, 7) is 3.33. The molecule has 66 valence electrons. The van der Waals surface area contributed by atoms with Gasteiger partial charge in [0.2, 0.25) is 16.0 Å². The third-order valence-electron chi connectivity index (χ3n) is 1.09. The highest BCUT2D eigenvalue weighted by Gasteiger charge is 2.07. The summed E-state index contributed by atoms with van der Waals surface area (Å²) < 4.78 is 24.3. The van der Waals surface area contributed by atoms with Crippen LogP contribution in [0.25, 0.3) is 0 Å². The molecule has 1 heterocycles. The molecular weight excluding hydrogens is 178 g/mol. The molecule has 0 unspecified atom stereocenters. The summed E-state index contributed by atoms with van der Waals surface area (Å²) in [6, 6.07) is 0. The summed E-state index contributed by atoms with van der Waals surface area (Å²) in [5, 5.41) is 0. The Hall–Kier alpha value is -1.30. The fourth-order valence-electron chi connectivity index (χ4n) is 0.665. The molecule has 2 N–H and O–H groups in total. The molecule has 0 aromatic carbocycles. The molecule has 0 radical (unpaired) electrons. The van der Waals surface area contributed by atoms with Gasteiger partial charge < -0.3 is 4.98 Å². The van der Waals surface area contributed by atoms with E-state index in [1.807, 2.05) is 0 Å². The minimum Gasteiger partial charge on any atom is -0.330 e. The van der Waals surface area contributed by atoms with Crippen molar-refractivity contribution < 1.29 is 8.42 Å². The first-order valence-corrected chi connectivity index (χ1v) is 4.90.